The Bertz CT molecular complexity index is 384. The van der Waals surface area contributed by atoms with Crippen molar-refractivity contribution in [3.63, 3.8) is 0 Å². The standard InChI is InChI=1S/C10H8BrNO/c11-5-8-2-1-3-9(4-8)10-6-12-7-13-10/h1-4,6-7H,5H2. The van der Waals surface area contributed by atoms with Gasteiger partial charge in [0.05, 0.1) is 6.20 Å². The molecule has 0 saturated carbocycles. The Labute approximate surface area is 84.7 Å². The summed E-state index contributed by atoms with van der Waals surface area (Å²) in [4.78, 5) is 3.88. The third-order valence-electron chi connectivity index (χ3n) is 1.80. The molecule has 0 fully saturated rings. The van der Waals surface area contributed by atoms with Gasteiger partial charge in [-0.2, -0.15) is 0 Å². The lowest BCUT2D eigenvalue weighted by atomic mass is 10.1. The van der Waals surface area contributed by atoms with E-state index in [-0.39, 0.29) is 0 Å². The molecule has 3 heteroatoms. The van der Waals surface area contributed by atoms with E-state index in [9.17, 15) is 0 Å². The second-order valence-corrected chi connectivity index (χ2v) is 3.26. The van der Waals surface area contributed by atoms with Crippen LogP contribution in [-0.4, -0.2) is 4.98 Å². The van der Waals surface area contributed by atoms with Gasteiger partial charge < -0.3 is 4.42 Å². The van der Waals surface area contributed by atoms with Gasteiger partial charge >= 0.3 is 0 Å². The van der Waals surface area contributed by atoms with E-state index < -0.39 is 0 Å². The van der Waals surface area contributed by atoms with Gasteiger partial charge in [0.25, 0.3) is 0 Å². The fraction of sp³-hybridized carbons (Fsp3) is 0.100. The number of aromatic nitrogens is 1. The monoisotopic (exact) mass is 237 g/mol. The Morgan fingerprint density at radius 3 is 3.00 bits per heavy atom. The average Bonchev–Trinajstić information content (AvgIpc) is 2.71. The lowest BCUT2D eigenvalue weighted by molar-refractivity contribution is 0.572. The van der Waals surface area contributed by atoms with E-state index in [0.717, 1.165) is 16.7 Å². The van der Waals surface area contributed by atoms with E-state index in [2.05, 4.69) is 33.0 Å². The third kappa shape index (κ3) is 1.80. The summed E-state index contributed by atoms with van der Waals surface area (Å²) >= 11 is 3.41. The van der Waals surface area contributed by atoms with E-state index in [0.29, 0.717) is 0 Å². The number of alkyl halides is 1. The molecule has 0 amide bonds. The maximum atomic E-state index is 5.19. The first-order valence-electron chi connectivity index (χ1n) is 3.94. The van der Waals surface area contributed by atoms with Crippen LogP contribution < -0.4 is 0 Å². The summed E-state index contributed by atoms with van der Waals surface area (Å²) in [6.45, 7) is 0. The molecule has 0 spiro atoms. The molecular weight excluding hydrogens is 230 g/mol. The van der Waals surface area contributed by atoms with Crippen LogP contribution in [0.3, 0.4) is 0 Å². The van der Waals surface area contributed by atoms with E-state index in [4.69, 9.17) is 4.42 Å². The van der Waals surface area contributed by atoms with Crippen molar-refractivity contribution < 1.29 is 4.42 Å². The fourth-order valence-corrected chi connectivity index (χ4v) is 1.51. The van der Waals surface area contributed by atoms with Gasteiger partial charge in [0.1, 0.15) is 0 Å². The first kappa shape index (κ1) is 8.51. The second-order valence-electron chi connectivity index (χ2n) is 2.70. The lowest BCUT2D eigenvalue weighted by Crippen LogP contribution is -1.78. The average molecular weight is 238 g/mol. The zero-order valence-corrected chi connectivity index (χ0v) is 8.49. The normalized spacial score (nSPS) is 10.2. The molecule has 0 aliphatic heterocycles. The van der Waals surface area contributed by atoms with Gasteiger partial charge in [0, 0.05) is 10.9 Å². The largest absolute Gasteiger partial charge is 0.444 e. The van der Waals surface area contributed by atoms with Crippen molar-refractivity contribution in [3.05, 3.63) is 42.4 Å². The molecule has 0 N–H and O–H groups in total. The van der Waals surface area contributed by atoms with Crippen LogP contribution in [0.15, 0.2) is 41.3 Å². The molecule has 66 valence electrons. The third-order valence-corrected chi connectivity index (χ3v) is 2.45. The molecule has 0 bridgehead atoms. The number of hydrogen-bond donors (Lipinski definition) is 0. The minimum atomic E-state index is 0.808. The molecule has 1 aromatic heterocycles. The van der Waals surface area contributed by atoms with Gasteiger partial charge in [-0.3, -0.25) is 0 Å². The number of nitrogens with zero attached hydrogens (tertiary/aromatic N) is 1. The van der Waals surface area contributed by atoms with E-state index in [1.54, 1.807) is 6.20 Å². The van der Waals surface area contributed by atoms with Gasteiger partial charge in [0.15, 0.2) is 12.2 Å². The van der Waals surface area contributed by atoms with Crippen LogP contribution in [0.5, 0.6) is 0 Å². The van der Waals surface area contributed by atoms with E-state index in [1.807, 2.05) is 12.1 Å². The van der Waals surface area contributed by atoms with E-state index in [1.165, 1.54) is 12.0 Å². The molecule has 2 nitrogen and oxygen atoms in total. The molecule has 0 aliphatic rings. The molecule has 0 aliphatic carbocycles. The predicted molar refractivity (Wildman–Crippen MR) is 54.6 cm³/mol. The van der Waals surface area contributed by atoms with Gasteiger partial charge in [-0.25, -0.2) is 4.98 Å². The zero-order valence-electron chi connectivity index (χ0n) is 6.90. The number of benzene rings is 1. The smallest absolute Gasteiger partial charge is 0.181 e. The summed E-state index contributed by atoms with van der Waals surface area (Å²) in [5, 5.41) is 0.856. The minimum absolute atomic E-state index is 0.808. The molecule has 0 saturated heterocycles. The fourth-order valence-electron chi connectivity index (χ4n) is 1.17. The Morgan fingerprint density at radius 2 is 2.31 bits per heavy atom. The van der Waals surface area contributed by atoms with Gasteiger partial charge in [-0.15, -0.1) is 0 Å². The molecule has 1 aromatic carbocycles. The van der Waals surface area contributed by atoms with Crippen LogP contribution in [0.4, 0.5) is 0 Å². The highest BCUT2D eigenvalue weighted by atomic mass is 79.9. The van der Waals surface area contributed by atoms with Gasteiger partial charge in [-0.05, 0) is 11.6 Å². The summed E-state index contributed by atoms with van der Waals surface area (Å²) in [7, 11) is 0. The highest BCUT2D eigenvalue weighted by Gasteiger charge is 2.00. The lowest BCUT2D eigenvalue weighted by Gasteiger charge is -1.98. The first-order valence-corrected chi connectivity index (χ1v) is 5.06. The zero-order chi connectivity index (χ0) is 9.10. The summed E-state index contributed by atoms with van der Waals surface area (Å²) < 4.78 is 5.19. The van der Waals surface area contributed by atoms with Crippen molar-refractivity contribution in [2.45, 2.75) is 5.33 Å². The molecule has 2 aromatic rings. The highest BCUT2D eigenvalue weighted by molar-refractivity contribution is 9.08. The van der Waals surface area contributed by atoms with Crippen molar-refractivity contribution in [1.82, 2.24) is 4.98 Å². The molecule has 1 heterocycles. The quantitative estimate of drug-likeness (QED) is 0.750. The maximum absolute atomic E-state index is 5.19. The Balaban J connectivity index is 2.41. The van der Waals surface area contributed by atoms with Crippen LogP contribution in [0.2, 0.25) is 0 Å². The Morgan fingerprint density at radius 1 is 1.38 bits per heavy atom. The van der Waals surface area contributed by atoms with Crippen molar-refractivity contribution in [3.8, 4) is 11.3 Å². The molecule has 2 rings (SSSR count). The Hall–Kier alpha value is -1.09. The number of oxazole rings is 1. The van der Waals surface area contributed by atoms with Crippen molar-refractivity contribution in [2.24, 2.45) is 0 Å². The number of hydrogen-bond acceptors (Lipinski definition) is 2. The maximum Gasteiger partial charge on any atom is 0.181 e. The molecular formula is C10H8BrNO. The first-order chi connectivity index (χ1) is 6.40. The van der Waals surface area contributed by atoms with Crippen LogP contribution in [-0.2, 0) is 5.33 Å². The van der Waals surface area contributed by atoms with Crippen LogP contribution in [0, 0.1) is 0 Å². The van der Waals surface area contributed by atoms with Crippen LogP contribution >= 0.6 is 15.9 Å². The minimum Gasteiger partial charge on any atom is -0.444 e. The van der Waals surface area contributed by atoms with E-state index >= 15 is 0 Å². The summed E-state index contributed by atoms with van der Waals surface area (Å²) in [5.74, 6) is 0.808. The summed E-state index contributed by atoms with van der Waals surface area (Å²) in [6, 6.07) is 8.16. The van der Waals surface area contributed by atoms with Crippen molar-refractivity contribution in [2.75, 3.05) is 0 Å². The number of rotatable bonds is 2. The van der Waals surface area contributed by atoms with Gasteiger partial charge in [0.2, 0.25) is 0 Å². The summed E-state index contributed by atoms with van der Waals surface area (Å²) in [6.07, 6.45) is 3.16. The molecule has 0 radical (unpaired) electrons. The number of halogens is 1. The summed E-state index contributed by atoms with van der Waals surface area (Å²) in [5.41, 5.74) is 2.29. The molecule has 13 heavy (non-hydrogen) atoms. The van der Waals surface area contributed by atoms with Crippen molar-refractivity contribution in [1.29, 1.82) is 0 Å². The SMILES string of the molecule is BrCc1cccc(-c2cnco2)c1. The predicted octanol–water partition coefficient (Wildman–Crippen LogP) is 3.24. The van der Waals surface area contributed by atoms with Crippen LogP contribution in [0.1, 0.15) is 5.56 Å². The molecule has 0 unspecified atom stereocenters. The second kappa shape index (κ2) is 3.75. The van der Waals surface area contributed by atoms with Crippen LogP contribution in [0.25, 0.3) is 11.3 Å². The molecule has 0 atom stereocenters. The van der Waals surface area contributed by atoms with Gasteiger partial charge in [-0.1, -0.05) is 34.1 Å². The topological polar surface area (TPSA) is 26.0 Å². The van der Waals surface area contributed by atoms with Crippen molar-refractivity contribution >= 4 is 15.9 Å². The Kier molecular flexibility index (Phi) is 2.45. The highest BCUT2D eigenvalue weighted by Crippen LogP contribution is 2.20.